The standard InChI is InChI=1S/C20H23F2NO7/c1-10-11-8-13(21)17(28-7-5-6-23-19(27)30-20(2,3)4)15(22)16(11)29-18(26)12(10)9-14(24)25/h8H,5-7,9H2,1-4H3,(H,23,27)(H,24,25). The Morgan fingerprint density at radius 1 is 1.27 bits per heavy atom. The highest BCUT2D eigenvalue weighted by atomic mass is 19.1. The molecule has 0 fully saturated rings. The second kappa shape index (κ2) is 9.10. The Bertz CT molecular complexity index is 1020. The fourth-order valence-electron chi connectivity index (χ4n) is 2.67. The predicted molar refractivity (Wildman–Crippen MR) is 103 cm³/mol. The van der Waals surface area contributed by atoms with Gasteiger partial charge in [0.25, 0.3) is 0 Å². The van der Waals surface area contributed by atoms with E-state index in [0.29, 0.717) is 0 Å². The number of alkyl carbamates (subject to hydrolysis) is 1. The largest absolute Gasteiger partial charge is 0.487 e. The Balaban J connectivity index is 2.13. The molecule has 164 valence electrons. The number of ether oxygens (including phenoxy) is 2. The third-order valence-corrected chi connectivity index (χ3v) is 3.99. The number of carboxylic acid groups (broad SMARTS) is 1. The highest BCUT2D eigenvalue weighted by molar-refractivity contribution is 5.84. The molecule has 2 aromatic rings. The van der Waals surface area contributed by atoms with Gasteiger partial charge in [-0.15, -0.1) is 0 Å². The molecule has 0 aliphatic heterocycles. The molecular formula is C20H23F2NO7. The van der Waals surface area contributed by atoms with Crippen molar-refractivity contribution in [2.45, 2.75) is 46.1 Å². The number of fused-ring (bicyclic) bond motifs is 1. The third-order valence-electron chi connectivity index (χ3n) is 3.99. The summed E-state index contributed by atoms with van der Waals surface area (Å²) in [6.45, 7) is 6.55. The molecule has 2 rings (SSSR count). The Kier molecular flexibility index (Phi) is 7.01. The third kappa shape index (κ3) is 5.68. The first kappa shape index (κ1) is 23.1. The van der Waals surface area contributed by atoms with Gasteiger partial charge in [0.05, 0.1) is 18.6 Å². The molecule has 10 heteroatoms. The topological polar surface area (TPSA) is 115 Å². The lowest BCUT2D eigenvalue weighted by atomic mass is 10.0. The number of aryl methyl sites for hydroxylation is 1. The Labute approximate surface area is 170 Å². The number of nitrogens with one attached hydrogen (secondary N) is 1. The fourth-order valence-corrected chi connectivity index (χ4v) is 2.67. The van der Waals surface area contributed by atoms with Gasteiger partial charge in [-0.2, -0.15) is 4.39 Å². The molecule has 0 bridgehead atoms. The van der Waals surface area contributed by atoms with Gasteiger partial charge >= 0.3 is 17.7 Å². The minimum absolute atomic E-state index is 0.0557. The molecule has 0 radical (unpaired) electrons. The molecule has 0 atom stereocenters. The average Bonchev–Trinajstić information content (AvgIpc) is 2.60. The molecule has 30 heavy (non-hydrogen) atoms. The SMILES string of the molecule is Cc1c(CC(=O)O)c(=O)oc2c(F)c(OCCCNC(=O)OC(C)(C)C)c(F)cc12. The summed E-state index contributed by atoms with van der Waals surface area (Å²) in [6.07, 6.45) is -1.02. The molecule has 1 aromatic carbocycles. The Morgan fingerprint density at radius 3 is 2.53 bits per heavy atom. The van der Waals surface area contributed by atoms with Crippen LogP contribution in [0.25, 0.3) is 11.0 Å². The number of carbonyl (C=O) groups is 2. The van der Waals surface area contributed by atoms with Gasteiger partial charge < -0.3 is 24.3 Å². The molecule has 0 unspecified atom stereocenters. The van der Waals surface area contributed by atoms with E-state index >= 15 is 0 Å². The molecule has 8 nitrogen and oxygen atoms in total. The normalized spacial score (nSPS) is 11.4. The maximum Gasteiger partial charge on any atom is 0.407 e. The number of carbonyl (C=O) groups excluding carboxylic acids is 1. The van der Waals surface area contributed by atoms with E-state index < -0.39 is 52.7 Å². The van der Waals surface area contributed by atoms with Crippen LogP contribution in [0, 0.1) is 18.6 Å². The summed E-state index contributed by atoms with van der Waals surface area (Å²) in [4.78, 5) is 34.4. The zero-order valence-corrected chi connectivity index (χ0v) is 17.1. The van der Waals surface area contributed by atoms with Crippen molar-refractivity contribution >= 4 is 23.0 Å². The van der Waals surface area contributed by atoms with Gasteiger partial charge in [-0.3, -0.25) is 4.79 Å². The van der Waals surface area contributed by atoms with E-state index in [2.05, 4.69) is 5.32 Å². The van der Waals surface area contributed by atoms with Crippen LogP contribution in [0.15, 0.2) is 15.3 Å². The van der Waals surface area contributed by atoms with Crippen molar-refractivity contribution in [3.8, 4) is 5.75 Å². The number of rotatable bonds is 7. The molecule has 0 spiro atoms. The van der Waals surface area contributed by atoms with Crippen LogP contribution in [0.2, 0.25) is 0 Å². The van der Waals surface area contributed by atoms with Crippen LogP contribution in [-0.2, 0) is 16.0 Å². The Hall–Kier alpha value is -3.17. The van der Waals surface area contributed by atoms with Gasteiger partial charge in [-0.05, 0) is 45.7 Å². The van der Waals surface area contributed by atoms with E-state index in [-0.39, 0.29) is 36.1 Å². The molecule has 0 aliphatic carbocycles. The summed E-state index contributed by atoms with van der Waals surface area (Å²) in [5.74, 6) is -4.23. The zero-order chi connectivity index (χ0) is 22.6. The molecule has 1 amide bonds. The van der Waals surface area contributed by atoms with E-state index in [9.17, 15) is 23.2 Å². The summed E-state index contributed by atoms with van der Waals surface area (Å²) < 4.78 is 44.2. The van der Waals surface area contributed by atoms with Crippen molar-refractivity contribution in [1.82, 2.24) is 5.32 Å². The number of benzene rings is 1. The Morgan fingerprint density at radius 2 is 1.93 bits per heavy atom. The van der Waals surface area contributed by atoms with Gasteiger partial charge in [-0.1, -0.05) is 0 Å². The molecule has 2 N–H and O–H groups in total. The van der Waals surface area contributed by atoms with E-state index in [1.54, 1.807) is 20.8 Å². The van der Waals surface area contributed by atoms with E-state index in [1.807, 2.05) is 0 Å². The molecule has 0 aliphatic rings. The summed E-state index contributed by atoms with van der Waals surface area (Å²) in [5.41, 5.74) is -2.25. The lowest BCUT2D eigenvalue weighted by Gasteiger charge is -2.19. The summed E-state index contributed by atoms with van der Waals surface area (Å²) in [7, 11) is 0. The van der Waals surface area contributed by atoms with Crippen molar-refractivity contribution in [2.24, 2.45) is 0 Å². The maximum atomic E-state index is 14.7. The predicted octanol–water partition coefficient (Wildman–Crippen LogP) is 3.30. The van der Waals surface area contributed by atoms with Crippen LogP contribution in [0.1, 0.15) is 38.3 Å². The number of aliphatic carboxylic acids is 1. The van der Waals surface area contributed by atoms with Crippen molar-refractivity contribution in [3.63, 3.8) is 0 Å². The number of hydrogen-bond donors (Lipinski definition) is 2. The van der Waals surface area contributed by atoms with E-state index in [1.165, 1.54) is 6.92 Å². The molecular weight excluding hydrogens is 404 g/mol. The van der Waals surface area contributed by atoms with Crippen LogP contribution < -0.4 is 15.7 Å². The van der Waals surface area contributed by atoms with Crippen molar-refractivity contribution in [1.29, 1.82) is 0 Å². The van der Waals surface area contributed by atoms with Crippen LogP contribution in [0.5, 0.6) is 5.75 Å². The highest BCUT2D eigenvalue weighted by Crippen LogP contribution is 2.31. The smallest absolute Gasteiger partial charge is 0.407 e. The molecule has 0 saturated heterocycles. The van der Waals surface area contributed by atoms with Crippen molar-refractivity contribution in [2.75, 3.05) is 13.2 Å². The summed E-state index contributed by atoms with van der Waals surface area (Å²) in [6, 6.07) is 0.927. The van der Waals surface area contributed by atoms with Gasteiger partial charge in [0, 0.05) is 11.9 Å². The van der Waals surface area contributed by atoms with Gasteiger partial charge in [0.15, 0.2) is 17.1 Å². The van der Waals surface area contributed by atoms with Crippen LogP contribution in [0.4, 0.5) is 13.6 Å². The first-order valence-electron chi connectivity index (χ1n) is 9.16. The number of hydrogen-bond acceptors (Lipinski definition) is 6. The maximum absolute atomic E-state index is 14.7. The number of halogens is 2. The van der Waals surface area contributed by atoms with Crippen LogP contribution in [0.3, 0.4) is 0 Å². The van der Waals surface area contributed by atoms with Gasteiger partial charge in [-0.25, -0.2) is 14.0 Å². The van der Waals surface area contributed by atoms with Crippen molar-refractivity contribution in [3.05, 3.63) is 39.2 Å². The summed E-state index contributed by atoms with van der Waals surface area (Å²) in [5, 5.41) is 11.3. The van der Waals surface area contributed by atoms with E-state index in [4.69, 9.17) is 19.0 Å². The molecule has 0 saturated carbocycles. The first-order chi connectivity index (χ1) is 13.9. The second-order valence-electron chi connectivity index (χ2n) is 7.57. The quantitative estimate of drug-likeness (QED) is 0.515. The first-order valence-corrected chi connectivity index (χ1v) is 9.16. The summed E-state index contributed by atoms with van der Waals surface area (Å²) >= 11 is 0. The van der Waals surface area contributed by atoms with Gasteiger partial charge in [0.1, 0.15) is 5.60 Å². The minimum atomic E-state index is -1.27. The van der Waals surface area contributed by atoms with Crippen LogP contribution in [-0.4, -0.2) is 35.9 Å². The van der Waals surface area contributed by atoms with Gasteiger partial charge in [0.2, 0.25) is 5.82 Å². The lowest BCUT2D eigenvalue weighted by Crippen LogP contribution is -2.33. The average molecular weight is 427 g/mol. The minimum Gasteiger partial charge on any atom is -0.487 e. The fraction of sp³-hybridized carbons (Fsp3) is 0.450. The van der Waals surface area contributed by atoms with Crippen LogP contribution >= 0.6 is 0 Å². The monoisotopic (exact) mass is 427 g/mol. The second-order valence-corrected chi connectivity index (χ2v) is 7.57. The van der Waals surface area contributed by atoms with Crippen molar-refractivity contribution < 1.29 is 37.4 Å². The zero-order valence-electron chi connectivity index (χ0n) is 17.1. The molecule has 1 heterocycles. The highest BCUT2D eigenvalue weighted by Gasteiger charge is 2.22. The molecule has 1 aromatic heterocycles. The van der Waals surface area contributed by atoms with E-state index in [0.717, 1.165) is 6.07 Å². The number of amides is 1. The number of carboxylic acids is 1. The lowest BCUT2D eigenvalue weighted by molar-refractivity contribution is -0.136.